The Hall–Kier alpha value is -3.03. The second-order valence-corrected chi connectivity index (χ2v) is 6.12. The number of benzene rings is 1. The van der Waals surface area contributed by atoms with Gasteiger partial charge in [0.1, 0.15) is 23.1 Å². The molecule has 1 atom stereocenters. The Bertz CT molecular complexity index is 916. The van der Waals surface area contributed by atoms with E-state index in [2.05, 4.69) is 5.32 Å². The van der Waals surface area contributed by atoms with Gasteiger partial charge in [-0.05, 0) is 18.9 Å². The molecule has 1 heterocycles. The van der Waals surface area contributed by atoms with Gasteiger partial charge in [-0.25, -0.2) is 9.59 Å². The first-order valence-corrected chi connectivity index (χ1v) is 8.52. The van der Waals surface area contributed by atoms with Crippen molar-refractivity contribution in [2.75, 3.05) is 14.2 Å². The van der Waals surface area contributed by atoms with E-state index in [1.165, 1.54) is 14.2 Å². The SMILES string of the molecule is CCC[C@H](NC(=O)Cc1c(C)c2c(OC)cc(OC)cc2oc1=O)C(=O)O. The fourth-order valence-electron chi connectivity index (χ4n) is 2.92. The van der Waals surface area contributed by atoms with Gasteiger partial charge in [-0.15, -0.1) is 0 Å². The Morgan fingerprint density at radius 2 is 1.96 bits per heavy atom. The van der Waals surface area contributed by atoms with Crippen molar-refractivity contribution < 1.29 is 28.6 Å². The maximum atomic E-state index is 12.4. The number of hydrogen-bond acceptors (Lipinski definition) is 6. The molecule has 0 bridgehead atoms. The molecule has 2 aromatic rings. The van der Waals surface area contributed by atoms with Crippen LogP contribution in [-0.2, 0) is 16.0 Å². The number of nitrogens with one attached hydrogen (secondary N) is 1. The van der Waals surface area contributed by atoms with Crippen molar-refractivity contribution in [2.24, 2.45) is 0 Å². The van der Waals surface area contributed by atoms with E-state index in [0.29, 0.717) is 35.3 Å². The van der Waals surface area contributed by atoms with Crippen LogP contribution in [0.5, 0.6) is 11.5 Å². The van der Waals surface area contributed by atoms with Crippen molar-refractivity contribution in [3.05, 3.63) is 33.7 Å². The average Bonchev–Trinajstić information content (AvgIpc) is 2.63. The Balaban J connectivity index is 2.43. The van der Waals surface area contributed by atoms with Gasteiger partial charge in [-0.1, -0.05) is 13.3 Å². The summed E-state index contributed by atoms with van der Waals surface area (Å²) in [5, 5.41) is 12.2. The lowest BCUT2D eigenvalue weighted by atomic mass is 10.0. The molecule has 1 aromatic carbocycles. The standard InChI is InChI=1S/C19H23NO7/c1-5-6-13(18(22)23)20-16(21)9-12-10(2)17-14(26-4)7-11(25-3)8-15(17)27-19(12)24/h7-8,13H,5-6,9H2,1-4H3,(H,20,21)(H,22,23)/t13-/m0/s1. The fourth-order valence-corrected chi connectivity index (χ4v) is 2.92. The van der Waals surface area contributed by atoms with Crippen LogP contribution >= 0.6 is 0 Å². The van der Waals surface area contributed by atoms with Gasteiger partial charge in [0.05, 0.1) is 31.6 Å². The number of hydrogen-bond donors (Lipinski definition) is 2. The number of carbonyl (C=O) groups excluding carboxylic acids is 1. The van der Waals surface area contributed by atoms with E-state index in [1.54, 1.807) is 19.1 Å². The zero-order chi connectivity index (χ0) is 20.1. The quantitative estimate of drug-likeness (QED) is 0.676. The third-order valence-electron chi connectivity index (χ3n) is 4.32. The summed E-state index contributed by atoms with van der Waals surface area (Å²) in [6.45, 7) is 3.52. The molecule has 1 aromatic heterocycles. The van der Waals surface area contributed by atoms with Crippen LogP contribution in [0.25, 0.3) is 11.0 Å². The van der Waals surface area contributed by atoms with Crippen LogP contribution in [0.3, 0.4) is 0 Å². The molecular weight excluding hydrogens is 354 g/mol. The molecule has 0 saturated heterocycles. The van der Waals surface area contributed by atoms with Crippen molar-refractivity contribution in [1.82, 2.24) is 5.32 Å². The highest BCUT2D eigenvalue weighted by atomic mass is 16.5. The Kier molecular flexibility index (Phi) is 6.44. The molecule has 146 valence electrons. The molecule has 0 spiro atoms. The first kappa shape index (κ1) is 20.3. The Morgan fingerprint density at radius 1 is 1.26 bits per heavy atom. The largest absolute Gasteiger partial charge is 0.496 e. The van der Waals surface area contributed by atoms with Gasteiger partial charge in [0, 0.05) is 12.1 Å². The molecule has 1 amide bonds. The molecule has 0 aliphatic heterocycles. The summed E-state index contributed by atoms with van der Waals surface area (Å²) in [7, 11) is 2.97. The predicted octanol–water partition coefficient (Wildman–Crippen LogP) is 2.03. The summed E-state index contributed by atoms with van der Waals surface area (Å²) >= 11 is 0. The second-order valence-electron chi connectivity index (χ2n) is 6.12. The number of fused-ring (bicyclic) bond motifs is 1. The highest BCUT2D eigenvalue weighted by Gasteiger charge is 2.22. The van der Waals surface area contributed by atoms with E-state index in [-0.39, 0.29) is 17.6 Å². The van der Waals surface area contributed by atoms with Crippen LogP contribution < -0.4 is 20.4 Å². The maximum absolute atomic E-state index is 12.4. The summed E-state index contributed by atoms with van der Waals surface area (Å²) in [4.78, 5) is 35.9. The average molecular weight is 377 g/mol. The summed E-state index contributed by atoms with van der Waals surface area (Å²) in [5.74, 6) is -0.753. The van der Waals surface area contributed by atoms with Crippen molar-refractivity contribution in [3.63, 3.8) is 0 Å². The molecule has 0 radical (unpaired) electrons. The molecule has 0 fully saturated rings. The molecule has 2 N–H and O–H groups in total. The second kappa shape index (κ2) is 8.57. The third-order valence-corrected chi connectivity index (χ3v) is 4.32. The van der Waals surface area contributed by atoms with Gasteiger partial charge >= 0.3 is 11.6 Å². The van der Waals surface area contributed by atoms with Gasteiger partial charge in [0.15, 0.2) is 0 Å². The van der Waals surface area contributed by atoms with Crippen LogP contribution in [0.2, 0.25) is 0 Å². The fraction of sp³-hybridized carbons (Fsp3) is 0.421. The molecule has 8 nitrogen and oxygen atoms in total. The van der Waals surface area contributed by atoms with Crippen molar-refractivity contribution in [3.8, 4) is 11.5 Å². The number of aryl methyl sites for hydroxylation is 1. The van der Waals surface area contributed by atoms with E-state index in [0.717, 1.165) is 0 Å². The molecule has 2 rings (SSSR count). The summed E-state index contributed by atoms with van der Waals surface area (Å²) < 4.78 is 15.9. The number of amides is 1. The van der Waals surface area contributed by atoms with Crippen molar-refractivity contribution in [1.29, 1.82) is 0 Å². The summed E-state index contributed by atoms with van der Waals surface area (Å²) in [5.41, 5.74) is 0.322. The minimum Gasteiger partial charge on any atom is -0.496 e. The van der Waals surface area contributed by atoms with Gasteiger partial charge < -0.3 is 24.3 Å². The topological polar surface area (TPSA) is 115 Å². The predicted molar refractivity (Wildman–Crippen MR) is 98.5 cm³/mol. The zero-order valence-corrected chi connectivity index (χ0v) is 15.8. The zero-order valence-electron chi connectivity index (χ0n) is 15.8. The van der Waals surface area contributed by atoms with E-state index in [4.69, 9.17) is 19.0 Å². The van der Waals surface area contributed by atoms with Crippen LogP contribution in [-0.4, -0.2) is 37.2 Å². The summed E-state index contributed by atoms with van der Waals surface area (Å²) in [6.07, 6.45) is 0.625. The van der Waals surface area contributed by atoms with E-state index in [1.807, 2.05) is 6.92 Å². The molecule has 0 saturated carbocycles. The lowest BCUT2D eigenvalue weighted by Crippen LogP contribution is -2.41. The van der Waals surface area contributed by atoms with Crippen molar-refractivity contribution in [2.45, 2.75) is 39.2 Å². The molecule has 0 aliphatic carbocycles. The molecular formula is C19H23NO7. The van der Waals surface area contributed by atoms with Crippen LogP contribution in [0.1, 0.15) is 30.9 Å². The van der Waals surface area contributed by atoms with E-state index < -0.39 is 23.5 Å². The third kappa shape index (κ3) is 4.39. The number of carboxylic acid groups (broad SMARTS) is 1. The Labute approximate surface area is 156 Å². The van der Waals surface area contributed by atoms with E-state index >= 15 is 0 Å². The highest BCUT2D eigenvalue weighted by Crippen LogP contribution is 2.33. The number of ether oxygens (including phenoxy) is 2. The van der Waals surface area contributed by atoms with Gasteiger partial charge in [-0.2, -0.15) is 0 Å². The van der Waals surface area contributed by atoms with Gasteiger partial charge in [-0.3, -0.25) is 4.79 Å². The van der Waals surface area contributed by atoms with Gasteiger partial charge in [0.2, 0.25) is 5.91 Å². The smallest absolute Gasteiger partial charge is 0.340 e. The van der Waals surface area contributed by atoms with Crippen molar-refractivity contribution >= 4 is 22.8 Å². The maximum Gasteiger partial charge on any atom is 0.340 e. The first-order valence-electron chi connectivity index (χ1n) is 8.52. The number of methoxy groups -OCH3 is 2. The molecule has 8 heteroatoms. The van der Waals surface area contributed by atoms with Gasteiger partial charge in [0.25, 0.3) is 0 Å². The minimum atomic E-state index is -1.11. The summed E-state index contributed by atoms with van der Waals surface area (Å²) in [6, 6.07) is 2.23. The monoisotopic (exact) mass is 377 g/mol. The number of rotatable bonds is 8. The highest BCUT2D eigenvalue weighted by molar-refractivity contribution is 5.91. The molecule has 27 heavy (non-hydrogen) atoms. The normalized spacial score (nSPS) is 11.9. The van der Waals surface area contributed by atoms with E-state index in [9.17, 15) is 14.4 Å². The molecule has 0 aliphatic rings. The lowest BCUT2D eigenvalue weighted by molar-refractivity contribution is -0.141. The molecule has 0 unspecified atom stereocenters. The van der Waals surface area contributed by atoms with Crippen LogP contribution in [0, 0.1) is 6.92 Å². The van der Waals surface area contributed by atoms with Crippen LogP contribution in [0.15, 0.2) is 21.3 Å². The lowest BCUT2D eigenvalue weighted by Gasteiger charge is -2.15. The van der Waals surface area contributed by atoms with Crippen LogP contribution in [0.4, 0.5) is 0 Å². The Morgan fingerprint density at radius 3 is 2.52 bits per heavy atom. The number of carbonyl (C=O) groups is 2. The minimum absolute atomic E-state index is 0.157. The number of aliphatic carboxylic acids is 1. The number of carboxylic acids is 1. The first-order chi connectivity index (χ1) is 12.8.